The van der Waals surface area contributed by atoms with Crippen molar-refractivity contribution in [2.45, 2.75) is 25.3 Å². The Morgan fingerprint density at radius 2 is 2.36 bits per heavy atom. The van der Waals surface area contributed by atoms with Crippen LogP contribution in [0.2, 0.25) is 0 Å². The van der Waals surface area contributed by atoms with Gasteiger partial charge in [0.05, 0.1) is 0 Å². The van der Waals surface area contributed by atoms with Crippen molar-refractivity contribution in [3.05, 3.63) is 0 Å². The summed E-state index contributed by atoms with van der Waals surface area (Å²) in [6.07, 6.45) is 3.63. The Labute approximate surface area is 72.9 Å². The minimum atomic E-state index is 0. The van der Waals surface area contributed by atoms with Crippen molar-refractivity contribution in [1.82, 2.24) is 5.32 Å². The third kappa shape index (κ3) is 4.22. The smallest absolute Gasteiger partial charge is 0.293 e. The third-order valence-corrected chi connectivity index (χ3v) is 1.78. The molecule has 0 saturated carbocycles. The lowest BCUT2D eigenvalue weighted by Gasteiger charge is -2.21. The van der Waals surface area contributed by atoms with E-state index in [1.807, 2.05) is 0 Å². The molecule has 66 valence electrons. The van der Waals surface area contributed by atoms with Crippen LogP contribution in [0.1, 0.15) is 19.3 Å². The summed E-state index contributed by atoms with van der Waals surface area (Å²) in [5.74, 6) is 0. The molecule has 1 heterocycles. The molecule has 4 heteroatoms. The molecule has 3 nitrogen and oxygen atoms in total. The zero-order valence-corrected chi connectivity index (χ0v) is 7.23. The van der Waals surface area contributed by atoms with Crippen molar-refractivity contribution in [3.63, 3.8) is 0 Å². The van der Waals surface area contributed by atoms with Crippen molar-refractivity contribution >= 4 is 18.9 Å². The number of halogens is 1. The van der Waals surface area contributed by atoms with E-state index >= 15 is 0 Å². The van der Waals surface area contributed by atoms with Gasteiger partial charge in [0, 0.05) is 6.04 Å². The summed E-state index contributed by atoms with van der Waals surface area (Å²) in [6, 6.07) is 0.402. The summed E-state index contributed by atoms with van der Waals surface area (Å²) in [5.41, 5.74) is 0. The second-order valence-corrected chi connectivity index (χ2v) is 2.58. The summed E-state index contributed by atoms with van der Waals surface area (Å²) in [4.78, 5) is 9.80. The fraction of sp³-hybridized carbons (Fsp3) is 0.857. The lowest BCUT2D eigenvalue weighted by molar-refractivity contribution is -0.129. The van der Waals surface area contributed by atoms with Gasteiger partial charge in [-0.2, -0.15) is 0 Å². The molecular weight excluding hydrogens is 166 g/mol. The topological polar surface area (TPSA) is 38.3 Å². The number of carbonyl (C=O) groups excluding carboxylic acids is 1. The fourth-order valence-electron chi connectivity index (χ4n) is 1.22. The van der Waals surface area contributed by atoms with Gasteiger partial charge in [0.2, 0.25) is 0 Å². The minimum Gasteiger partial charge on any atom is -0.466 e. The molecule has 1 aliphatic rings. The Bertz CT molecular complexity index is 105. The average molecular weight is 180 g/mol. The zero-order chi connectivity index (χ0) is 7.23. The van der Waals surface area contributed by atoms with Crippen LogP contribution in [0.15, 0.2) is 0 Å². The summed E-state index contributed by atoms with van der Waals surface area (Å²) < 4.78 is 4.63. The molecule has 11 heavy (non-hydrogen) atoms. The molecule has 0 aromatic carbocycles. The third-order valence-electron chi connectivity index (χ3n) is 1.78. The van der Waals surface area contributed by atoms with Crippen LogP contribution in [0.5, 0.6) is 0 Å². The number of carbonyl (C=O) groups is 1. The Balaban J connectivity index is 0.000001000. The molecule has 0 aromatic heterocycles. The Morgan fingerprint density at radius 3 is 2.91 bits per heavy atom. The largest absolute Gasteiger partial charge is 0.466 e. The van der Waals surface area contributed by atoms with Gasteiger partial charge in [0.1, 0.15) is 6.61 Å². The lowest BCUT2D eigenvalue weighted by Crippen LogP contribution is -2.37. The molecule has 1 atom stereocenters. The minimum absolute atomic E-state index is 0. The quantitative estimate of drug-likeness (QED) is 0.649. The molecule has 0 aromatic rings. The van der Waals surface area contributed by atoms with Gasteiger partial charge in [0.15, 0.2) is 0 Å². The number of rotatable bonds is 3. The molecule has 1 saturated heterocycles. The van der Waals surface area contributed by atoms with Crippen LogP contribution >= 0.6 is 12.4 Å². The van der Waals surface area contributed by atoms with E-state index < -0.39 is 0 Å². The average Bonchev–Trinajstić information content (AvgIpc) is 2.03. The van der Waals surface area contributed by atoms with Gasteiger partial charge in [0.25, 0.3) is 6.47 Å². The van der Waals surface area contributed by atoms with Crippen LogP contribution in [0.25, 0.3) is 0 Å². The van der Waals surface area contributed by atoms with Gasteiger partial charge in [-0.3, -0.25) is 4.79 Å². The number of hydrogen-bond acceptors (Lipinski definition) is 3. The molecule has 0 spiro atoms. The summed E-state index contributed by atoms with van der Waals surface area (Å²) in [6.45, 7) is 2.10. The molecule has 1 aliphatic heterocycles. The van der Waals surface area contributed by atoms with Crippen LogP contribution in [-0.4, -0.2) is 25.7 Å². The summed E-state index contributed by atoms with van der Waals surface area (Å²) in [5, 5.41) is 3.27. The number of nitrogens with one attached hydrogen (secondary N) is 1. The van der Waals surface area contributed by atoms with Gasteiger partial charge in [-0.25, -0.2) is 0 Å². The van der Waals surface area contributed by atoms with Gasteiger partial charge in [-0.05, 0) is 19.4 Å². The molecular formula is C7H14ClNO2. The highest BCUT2D eigenvalue weighted by molar-refractivity contribution is 5.85. The maximum Gasteiger partial charge on any atom is 0.293 e. The van der Waals surface area contributed by atoms with E-state index in [0.717, 1.165) is 13.0 Å². The second-order valence-electron chi connectivity index (χ2n) is 2.58. The molecule has 0 bridgehead atoms. The van der Waals surface area contributed by atoms with E-state index in [9.17, 15) is 4.79 Å². The normalized spacial score (nSPS) is 23.5. The van der Waals surface area contributed by atoms with Crippen molar-refractivity contribution in [2.24, 2.45) is 0 Å². The van der Waals surface area contributed by atoms with Gasteiger partial charge in [-0.15, -0.1) is 12.4 Å². The standard InChI is InChI=1S/C7H13NO2.ClH/c9-6-10-5-7-3-1-2-4-8-7;/h6-8H,1-5H2;1H. The lowest BCUT2D eigenvalue weighted by atomic mass is 10.1. The molecule has 1 N–H and O–H groups in total. The van der Waals surface area contributed by atoms with Crippen LogP contribution in [0.3, 0.4) is 0 Å². The van der Waals surface area contributed by atoms with Gasteiger partial charge < -0.3 is 10.1 Å². The highest BCUT2D eigenvalue weighted by atomic mass is 35.5. The molecule has 0 amide bonds. The molecule has 1 fully saturated rings. The summed E-state index contributed by atoms with van der Waals surface area (Å²) in [7, 11) is 0. The monoisotopic (exact) mass is 179 g/mol. The van der Waals surface area contributed by atoms with E-state index in [0.29, 0.717) is 19.1 Å². The second kappa shape index (κ2) is 6.43. The SMILES string of the molecule is Cl.O=COCC1CCCCN1. The maximum absolute atomic E-state index is 9.80. The molecule has 1 unspecified atom stereocenters. The van der Waals surface area contributed by atoms with Crippen molar-refractivity contribution in [3.8, 4) is 0 Å². The highest BCUT2D eigenvalue weighted by Gasteiger charge is 2.11. The Morgan fingerprint density at radius 1 is 1.55 bits per heavy atom. The predicted octanol–water partition coefficient (Wildman–Crippen LogP) is 0.723. The first kappa shape index (κ1) is 10.7. The van der Waals surface area contributed by atoms with Gasteiger partial charge >= 0.3 is 0 Å². The Kier molecular flexibility index (Phi) is 6.27. The van der Waals surface area contributed by atoms with Crippen molar-refractivity contribution in [2.75, 3.05) is 13.2 Å². The Hall–Kier alpha value is -0.280. The van der Waals surface area contributed by atoms with E-state index in [-0.39, 0.29) is 12.4 Å². The predicted molar refractivity (Wildman–Crippen MR) is 44.9 cm³/mol. The maximum atomic E-state index is 9.80. The van der Waals surface area contributed by atoms with Crippen LogP contribution < -0.4 is 5.32 Å². The van der Waals surface area contributed by atoms with E-state index in [2.05, 4.69) is 10.1 Å². The first-order valence-corrected chi connectivity index (χ1v) is 3.72. The van der Waals surface area contributed by atoms with Gasteiger partial charge in [-0.1, -0.05) is 6.42 Å². The number of piperidine rings is 1. The van der Waals surface area contributed by atoms with Crippen molar-refractivity contribution in [1.29, 1.82) is 0 Å². The first-order chi connectivity index (χ1) is 4.93. The van der Waals surface area contributed by atoms with E-state index in [1.165, 1.54) is 12.8 Å². The fourth-order valence-corrected chi connectivity index (χ4v) is 1.22. The van der Waals surface area contributed by atoms with E-state index in [4.69, 9.17) is 0 Å². The summed E-state index contributed by atoms with van der Waals surface area (Å²) >= 11 is 0. The number of hydrogen-bond donors (Lipinski definition) is 1. The number of ether oxygens (including phenoxy) is 1. The molecule has 0 aliphatic carbocycles. The highest BCUT2D eigenvalue weighted by Crippen LogP contribution is 2.06. The van der Waals surface area contributed by atoms with Crippen LogP contribution in [-0.2, 0) is 9.53 Å². The molecule has 0 radical (unpaired) electrons. The molecule has 1 rings (SSSR count). The van der Waals surface area contributed by atoms with E-state index in [1.54, 1.807) is 0 Å². The zero-order valence-electron chi connectivity index (χ0n) is 6.41. The van der Waals surface area contributed by atoms with Crippen molar-refractivity contribution < 1.29 is 9.53 Å². The van der Waals surface area contributed by atoms with Crippen LogP contribution in [0.4, 0.5) is 0 Å². The first-order valence-electron chi connectivity index (χ1n) is 3.72. The van der Waals surface area contributed by atoms with Crippen LogP contribution in [0, 0.1) is 0 Å².